The first-order valence-electron chi connectivity index (χ1n) is 5.29. The van der Waals surface area contributed by atoms with E-state index >= 15 is 0 Å². The summed E-state index contributed by atoms with van der Waals surface area (Å²) in [5.41, 5.74) is 0. The van der Waals surface area contributed by atoms with Crippen molar-refractivity contribution in [3.8, 4) is 0 Å². The maximum Gasteiger partial charge on any atom is 0.373 e. The van der Waals surface area contributed by atoms with Crippen LogP contribution in [-0.2, 0) is 4.74 Å². The Kier molecular flexibility index (Phi) is 4.80. The van der Waals surface area contributed by atoms with E-state index in [1.165, 1.54) is 19.2 Å². The monoisotopic (exact) mass is 263 g/mol. The minimum atomic E-state index is -3.19. The maximum atomic E-state index is 12.8. The van der Waals surface area contributed by atoms with Crippen LogP contribution >= 0.6 is 0 Å². The molecule has 1 aromatic heterocycles. The Hall–Kier alpha value is -1.47. The highest BCUT2D eigenvalue weighted by Gasteiger charge is 2.28. The molecule has 0 saturated carbocycles. The number of nitrogens with one attached hydrogen (secondary N) is 1. The molecule has 0 fully saturated rings. The Morgan fingerprint density at radius 1 is 1.61 bits per heavy atom. The van der Waals surface area contributed by atoms with E-state index < -0.39 is 31.1 Å². The van der Waals surface area contributed by atoms with Crippen molar-refractivity contribution >= 4 is 5.97 Å². The lowest BCUT2D eigenvalue weighted by atomic mass is 10.2. The molecule has 1 heterocycles. The zero-order valence-electron chi connectivity index (χ0n) is 10.1. The van der Waals surface area contributed by atoms with Gasteiger partial charge in [-0.2, -0.15) is 0 Å². The quantitative estimate of drug-likeness (QED) is 0.758. The third-order valence-electron chi connectivity index (χ3n) is 2.34. The van der Waals surface area contributed by atoms with E-state index in [0.717, 1.165) is 0 Å². The second kappa shape index (κ2) is 5.92. The lowest BCUT2D eigenvalue weighted by Crippen LogP contribution is -2.36. The van der Waals surface area contributed by atoms with E-state index in [1.54, 1.807) is 6.92 Å². The minimum absolute atomic E-state index is 0.00932. The highest BCUT2D eigenvalue weighted by atomic mass is 19.3. The van der Waals surface area contributed by atoms with Crippen molar-refractivity contribution in [2.45, 2.75) is 18.9 Å². The van der Waals surface area contributed by atoms with Crippen LogP contribution in [-0.4, -0.2) is 37.3 Å². The molecule has 0 aliphatic heterocycles. The molecule has 7 heteroatoms. The van der Waals surface area contributed by atoms with Gasteiger partial charge in [-0.05, 0) is 19.1 Å². The number of carbonyl (C=O) groups excluding carboxylic acids is 1. The fraction of sp³-hybridized carbons (Fsp3) is 0.545. The highest BCUT2D eigenvalue weighted by Crippen LogP contribution is 2.18. The number of carbonyl (C=O) groups is 1. The predicted octanol–water partition coefficient (Wildman–Crippen LogP) is 1.34. The number of furan rings is 1. The van der Waals surface area contributed by atoms with Crippen molar-refractivity contribution in [1.29, 1.82) is 0 Å². The molecule has 0 bridgehead atoms. The van der Waals surface area contributed by atoms with Gasteiger partial charge in [0.1, 0.15) is 12.4 Å². The Morgan fingerprint density at radius 2 is 2.28 bits per heavy atom. The summed E-state index contributed by atoms with van der Waals surface area (Å²) in [6.07, 6.45) is 0. The molecule has 2 N–H and O–H groups in total. The Labute approximate surface area is 103 Å². The summed E-state index contributed by atoms with van der Waals surface area (Å²) in [7, 11) is 1.22. The first-order valence-corrected chi connectivity index (χ1v) is 5.29. The average molecular weight is 263 g/mol. The molecule has 0 aliphatic rings. The van der Waals surface area contributed by atoms with Crippen LogP contribution in [0.15, 0.2) is 16.5 Å². The second-order valence-corrected chi connectivity index (χ2v) is 3.81. The predicted molar refractivity (Wildman–Crippen MR) is 58.5 cm³/mol. The number of methoxy groups -OCH3 is 1. The summed E-state index contributed by atoms with van der Waals surface area (Å²) in [6, 6.07) is 2.39. The van der Waals surface area contributed by atoms with Gasteiger partial charge >= 0.3 is 5.97 Å². The maximum absolute atomic E-state index is 12.8. The molecule has 1 unspecified atom stereocenters. The normalized spacial score (nSPS) is 13.4. The van der Waals surface area contributed by atoms with Gasteiger partial charge in [0.2, 0.25) is 5.76 Å². The van der Waals surface area contributed by atoms with Gasteiger partial charge in [0.05, 0.1) is 19.7 Å². The van der Waals surface area contributed by atoms with Crippen LogP contribution in [0.25, 0.3) is 0 Å². The SMILES string of the molecule is COC(=O)c1ccc(C(C)NCC(F)(F)CO)o1. The number of hydrogen-bond donors (Lipinski definition) is 2. The molecule has 0 aliphatic carbocycles. The summed E-state index contributed by atoms with van der Waals surface area (Å²) >= 11 is 0. The summed E-state index contributed by atoms with van der Waals surface area (Å²) in [5.74, 6) is -3.47. The molecule has 102 valence electrons. The number of hydrogen-bond acceptors (Lipinski definition) is 5. The van der Waals surface area contributed by atoms with E-state index in [4.69, 9.17) is 9.52 Å². The van der Waals surface area contributed by atoms with Gasteiger partial charge in [-0.25, -0.2) is 13.6 Å². The van der Waals surface area contributed by atoms with Crippen LogP contribution in [0, 0.1) is 0 Å². The minimum Gasteiger partial charge on any atom is -0.463 e. The van der Waals surface area contributed by atoms with Crippen LogP contribution < -0.4 is 5.32 Å². The molecule has 1 aromatic rings. The Bertz CT molecular complexity index is 406. The fourth-order valence-corrected chi connectivity index (χ4v) is 1.25. The molecular formula is C11H15F2NO4. The number of aliphatic hydroxyl groups excluding tert-OH is 1. The van der Waals surface area contributed by atoms with Crippen LogP contribution in [0.4, 0.5) is 8.78 Å². The van der Waals surface area contributed by atoms with Gasteiger partial charge in [0, 0.05) is 0 Å². The number of ether oxygens (including phenoxy) is 1. The van der Waals surface area contributed by atoms with E-state index in [-0.39, 0.29) is 5.76 Å². The van der Waals surface area contributed by atoms with Crippen LogP contribution in [0.1, 0.15) is 29.3 Å². The smallest absolute Gasteiger partial charge is 0.373 e. The van der Waals surface area contributed by atoms with E-state index in [0.29, 0.717) is 5.76 Å². The topological polar surface area (TPSA) is 71.7 Å². The van der Waals surface area contributed by atoms with Crippen molar-refractivity contribution < 1.29 is 27.8 Å². The number of esters is 1. The Balaban J connectivity index is 2.59. The summed E-state index contributed by atoms with van der Waals surface area (Å²) in [6.45, 7) is -0.301. The molecule has 0 saturated heterocycles. The van der Waals surface area contributed by atoms with Crippen LogP contribution in [0.2, 0.25) is 0 Å². The van der Waals surface area contributed by atoms with Crippen molar-refractivity contribution in [2.75, 3.05) is 20.3 Å². The number of alkyl halides is 2. The number of aliphatic hydroxyl groups is 1. The molecule has 1 atom stereocenters. The Morgan fingerprint density at radius 3 is 2.83 bits per heavy atom. The molecule has 1 rings (SSSR count). The summed E-state index contributed by atoms with van der Waals surface area (Å²) in [5, 5.41) is 10.9. The molecule has 0 radical (unpaired) electrons. The molecule has 5 nitrogen and oxygen atoms in total. The molecule has 0 aromatic carbocycles. The summed E-state index contributed by atoms with van der Waals surface area (Å²) < 4.78 is 35.2. The third kappa shape index (κ3) is 3.78. The van der Waals surface area contributed by atoms with Gasteiger partial charge in [0.25, 0.3) is 5.92 Å². The lowest BCUT2D eigenvalue weighted by molar-refractivity contribution is -0.0494. The van der Waals surface area contributed by atoms with Gasteiger partial charge < -0.3 is 19.6 Å². The van der Waals surface area contributed by atoms with Gasteiger partial charge in [-0.15, -0.1) is 0 Å². The summed E-state index contributed by atoms with van der Waals surface area (Å²) in [4.78, 5) is 11.1. The highest BCUT2D eigenvalue weighted by molar-refractivity contribution is 5.86. The fourth-order valence-electron chi connectivity index (χ4n) is 1.25. The van der Waals surface area contributed by atoms with E-state index in [2.05, 4.69) is 10.1 Å². The zero-order chi connectivity index (χ0) is 13.8. The van der Waals surface area contributed by atoms with Crippen molar-refractivity contribution in [3.63, 3.8) is 0 Å². The standard InChI is InChI=1S/C11H15F2NO4/c1-7(14-5-11(12,13)6-15)8-3-4-9(18-8)10(16)17-2/h3-4,7,14-15H,5-6H2,1-2H3. The zero-order valence-corrected chi connectivity index (χ0v) is 10.1. The third-order valence-corrected chi connectivity index (χ3v) is 2.34. The molecule has 0 spiro atoms. The second-order valence-electron chi connectivity index (χ2n) is 3.81. The average Bonchev–Trinajstić information content (AvgIpc) is 2.84. The van der Waals surface area contributed by atoms with E-state index in [9.17, 15) is 13.6 Å². The van der Waals surface area contributed by atoms with Crippen LogP contribution in [0.3, 0.4) is 0 Å². The molecular weight excluding hydrogens is 248 g/mol. The number of halogens is 2. The first kappa shape index (κ1) is 14.6. The largest absolute Gasteiger partial charge is 0.463 e. The van der Waals surface area contributed by atoms with Crippen molar-refractivity contribution in [2.24, 2.45) is 0 Å². The first-order chi connectivity index (χ1) is 8.39. The molecule has 18 heavy (non-hydrogen) atoms. The van der Waals surface area contributed by atoms with Gasteiger partial charge in [-0.3, -0.25) is 0 Å². The van der Waals surface area contributed by atoms with Gasteiger partial charge in [0.15, 0.2) is 0 Å². The van der Waals surface area contributed by atoms with Gasteiger partial charge in [-0.1, -0.05) is 0 Å². The van der Waals surface area contributed by atoms with E-state index in [1.807, 2.05) is 0 Å². The number of rotatable bonds is 6. The lowest BCUT2D eigenvalue weighted by Gasteiger charge is -2.17. The van der Waals surface area contributed by atoms with Crippen molar-refractivity contribution in [3.05, 3.63) is 23.7 Å². The van der Waals surface area contributed by atoms with Crippen LogP contribution in [0.5, 0.6) is 0 Å². The molecule has 0 amide bonds. The van der Waals surface area contributed by atoms with Crippen molar-refractivity contribution in [1.82, 2.24) is 5.32 Å².